The van der Waals surface area contributed by atoms with Crippen LogP contribution in [0.5, 0.6) is 0 Å². The van der Waals surface area contributed by atoms with E-state index in [0.717, 1.165) is 56.9 Å². The van der Waals surface area contributed by atoms with Gasteiger partial charge in [0, 0.05) is 56.1 Å². The molecule has 0 saturated carbocycles. The second kappa shape index (κ2) is 14.7. The Labute approximate surface area is 249 Å². The summed E-state index contributed by atoms with van der Waals surface area (Å²) in [6, 6.07) is 21.9. The molecule has 2 fully saturated rings. The number of piperazine rings is 1. The summed E-state index contributed by atoms with van der Waals surface area (Å²) < 4.78 is 6.15. The predicted octanol–water partition coefficient (Wildman–Crippen LogP) is 5.52. The summed E-state index contributed by atoms with van der Waals surface area (Å²) in [6.07, 6.45) is 5.67. The van der Waals surface area contributed by atoms with E-state index in [1.807, 2.05) is 89.7 Å². The zero-order valence-corrected chi connectivity index (χ0v) is 24.9. The molecule has 1 amide bonds. The lowest BCUT2D eigenvalue weighted by Crippen LogP contribution is -2.45. The number of aromatic nitrogens is 1. The molecule has 6 rings (SSSR count). The summed E-state index contributed by atoms with van der Waals surface area (Å²) in [4.78, 5) is 32.3. The molecule has 4 heterocycles. The van der Waals surface area contributed by atoms with Crippen molar-refractivity contribution in [3.8, 4) is 11.1 Å². The van der Waals surface area contributed by atoms with Crippen molar-refractivity contribution in [1.82, 2.24) is 20.1 Å². The number of nitrogens with one attached hydrogen (secondary N) is 1. The van der Waals surface area contributed by atoms with Crippen molar-refractivity contribution in [2.75, 3.05) is 44.2 Å². The van der Waals surface area contributed by atoms with Crippen LogP contribution in [0.4, 0.5) is 0 Å². The molecule has 41 heavy (non-hydrogen) atoms. The van der Waals surface area contributed by atoms with Crippen LogP contribution in [0.15, 0.2) is 93.4 Å². The lowest BCUT2D eigenvalue weighted by molar-refractivity contribution is -0.119. The van der Waals surface area contributed by atoms with Crippen LogP contribution in [-0.4, -0.2) is 71.5 Å². The molecule has 2 aromatic heterocycles. The van der Waals surface area contributed by atoms with Crippen LogP contribution in [-0.2, 0) is 4.79 Å². The molecule has 2 saturated heterocycles. The second-order valence-corrected chi connectivity index (χ2v) is 12.4. The standard InChI is InChI=1S/C23H24N2O3S.C9H12N2S/c26-17-25-14-12-24(13-15-25)11-6-16-29-23-21(18-7-2-1-3-8-18)22(27)19-9-4-5-10-20(19)28-23;1-7-6-12-9(11-7)8-3-2-4-10-5-8/h1-5,7-10,17H,6,11-16H2;2-5,7,9,11H,6H2,1H3. The van der Waals surface area contributed by atoms with Gasteiger partial charge in [-0.25, -0.2) is 0 Å². The molecule has 2 atom stereocenters. The van der Waals surface area contributed by atoms with Gasteiger partial charge in [-0.05, 0) is 49.2 Å². The highest BCUT2D eigenvalue weighted by Gasteiger charge is 2.22. The van der Waals surface area contributed by atoms with Crippen LogP contribution in [0.3, 0.4) is 0 Å². The van der Waals surface area contributed by atoms with Crippen molar-refractivity contribution in [1.29, 1.82) is 0 Å². The maximum absolute atomic E-state index is 13.2. The average molecular weight is 589 g/mol. The first-order chi connectivity index (χ1) is 20.1. The van der Waals surface area contributed by atoms with Crippen LogP contribution < -0.4 is 10.7 Å². The van der Waals surface area contributed by atoms with E-state index in [0.29, 0.717) is 33.0 Å². The van der Waals surface area contributed by atoms with E-state index in [4.69, 9.17) is 4.42 Å². The van der Waals surface area contributed by atoms with Crippen LogP contribution in [0, 0.1) is 0 Å². The summed E-state index contributed by atoms with van der Waals surface area (Å²) in [7, 11) is 0. The minimum Gasteiger partial charge on any atom is -0.449 e. The fourth-order valence-corrected chi connectivity index (χ4v) is 7.14. The number of carbonyl (C=O) groups excluding carboxylic acids is 1. The molecular weight excluding hydrogens is 553 g/mol. The Hall–Kier alpha value is -3.11. The lowest BCUT2D eigenvalue weighted by Gasteiger charge is -2.32. The number of fused-ring (bicyclic) bond motifs is 1. The quantitative estimate of drug-likeness (QED) is 0.164. The minimum absolute atomic E-state index is 0.0190. The largest absolute Gasteiger partial charge is 0.449 e. The van der Waals surface area contributed by atoms with E-state index < -0.39 is 0 Å². The zero-order valence-electron chi connectivity index (χ0n) is 23.3. The number of benzene rings is 2. The van der Waals surface area contributed by atoms with E-state index >= 15 is 0 Å². The molecule has 2 aliphatic rings. The van der Waals surface area contributed by atoms with E-state index in [1.165, 1.54) is 11.3 Å². The van der Waals surface area contributed by atoms with Gasteiger partial charge in [-0.3, -0.25) is 24.8 Å². The minimum atomic E-state index is 0.0190. The number of nitrogens with zero attached hydrogens (tertiary/aromatic N) is 3. The van der Waals surface area contributed by atoms with Gasteiger partial charge in [0.2, 0.25) is 11.8 Å². The van der Waals surface area contributed by atoms with Gasteiger partial charge in [0.15, 0.2) is 5.09 Å². The number of amides is 1. The highest BCUT2D eigenvalue weighted by atomic mass is 32.2. The summed E-state index contributed by atoms with van der Waals surface area (Å²) in [5, 5.41) is 5.25. The molecule has 4 aromatic rings. The molecule has 9 heteroatoms. The van der Waals surface area contributed by atoms with Crippen molar-refractivity contribution in [2.45, 2.75) is 29.9 Å². The van der Waals surface area contributed by atoms with Crippen LogP contribution in [0.25, 0.3) is 22.1 Å². The number of thioether (sulfide) groups is 2. The van der Waals surface area contributed by atoms with Gasteiger partial charge < -0.3 is 9.32 Å². The van der Waals surface area contributed by atoms with Gasteiger partial charge in [0.05, 0.1) is 16.3 Å². The summed E-state index contributed by atoms with van der Waals surface area (Å²) >= 11 is 3.56. The van der Waals surface area contributed by atoms with Crippen molar-refractivity contribution < 1.29 is 9.21 Å². The topological polar surface area (TPSA) is 78.7 Å². The van der Waals surface area contributed by atoms with E-state index in [9.17, 15) is 9.59 Å². The van der Waals surface area contributed by atoms with Gasteiger partial charge >= 0.3 is 0 Å². The summed E-state index contributed by atoms with van der Waals surface area (Å²) in [6.45, 7) is 6.64. The van der Waals surface area contributed by atoms with Gasteiger partial charge in [-0.15, -0.1) is 11.8 Å². The predicted molar refractivity (Wildman–Crippen MR) is 169 cm³/mol. The Morgan fingerprint density at radius 3 is 2.54 bits per heavy atom. The molecule has 7 nitrogen and oxygen atoms in total. The van der Waals surface area contributed by atoms with E-state index in [2.05, 4.69) is 28.2 Å². The first-order valence-corrected chi connectivity index (χ1v) is 16.1. The van der Waals surface area contributed by atoms with Crippen molar-refractivity contribution in [2.24, 2.45) is 0 Å². The normalized spacial score (nSPS) is 19.1. The molecule has 2 aliphatic heterocycles. The molecule has 0 bridgehead atoms. The highest BCUT2D eigenvalue weighted by Crippen LogP contribution is 2.33. The SMILES string of the molecule is CC1CSC(c2cccnc2)N1.O=CN1CCN(CCCSc2oc3ccccc3c(=O)c2-c2ccccc2)CC1. The average Bonchev–Trinajstić information content (AvgIpc) is 3.47. The fraction of sp³-hybridized carbons (Fsp3) is 0.344. The van der Waals surface area contributed by atoms with Crippen molar-refractivity contribution in [3.05, 3.63) is 94.9 Å². The molecule has 2 aromatic carbocycles. The molecule has 0 radical (unpaired) electrons. The van der Waals surface area contributed by atoms with E-state index in [1.54, 1.807) is 11.8 Å². The Morgan fingerprint density at radius 1 is 1.05 bits per heavy atom. The maximum Gasteiger partial charge on any atom is 0.209 e. The number of carbonyl (C=O) groups is 1. The number of para-hydroxylation sites is 1. The first kappa shape index (κ1) is 29.4. The Kier molecular flexibility index (Phi) is 10.5. The van der Waals surface area contributed by atoms with Gasteiger partial charge in [-0.1, -0.05) is 60.3 Å². The molecule has 0 spiro atoms. The highest BCUT2D eigenvalue weighted by molar-refractivity contribution is 7.99. The summed E-state index contributed by atoms with van der Waals surface area (Å²) in [5.41, 5.74) is 3.47. The van der Waals surface area contributed by atoms with Gasteiger partial charge in [0.1, 0.15) is 5.58 Å². The van der Waals surface area contributed by atoms with Gasteiger partial charge in [0.25, 0.3) is 0 Å². The van der Waals surface area contributed by atoms with Crippen LogP contribution >= 0.6 is 23.5 Å². The lowest BCUT2D eigenvalue weighted by atomic mass is 10.1. The summed E-state index contributed by atoms with van der Waals surface area (Å²) in [5.74, 6) is 2.06. The number of rotatable bonds is 8. The third-order valence-electron chi connectivity index (χ3n) is 7.17. The van der Waals surface area contributed by atoms with Crippen molar-refractivity contribution >= 4 is 40.9 Å². The third-order valence-corrected chi connectivity index (χ3v) is 9.65. The van der Waals surface area contributed by atoms with Gasteiger partial charge in [-0.2, -0.15) is 0 Å². The Morgan fingerprint density at radius 2 is 1.83 bits per heavy atom. The number of hydrogen-bond acceptors (Lipinski definition) is 8. The molecule has 1 N–H and O–H groups in total. The zero-order chi connectivity index (χ0) is 28.4. The van der Waals surface area contributed by atoms with Crippen LogP contribution in [0.2, 0.25) is 0 Å². The Bertz CT molecular complexity index is 1460. The number of pyridine rings is 1. The molecule has 214 valence electrons. The molecular formula is C32H36N4O3S2. The van der Waals surface area contributed by atoms with E-state index in [-0.39, 0.29) is 5.43 Å². The van der Waals surface area contributed by atoms with Crippen LogP contribution in [0.1, 0.15) is 24.3 Å². The fourth-order valence-electron chi connectivity index (χ4n) is 4.94. The monoisotopic (exact) mass is 588 g/mol. The smallest absolute Gasteiger partial charge is 0.209 e. The second-order valence-electron chi connectivity index (χ2n) is 10.2. The molecule has 2 unspecified atom stereocenters. The number of hydrogen-bond donors (Lipinski definition) is 1. The molecule has 0 aliphatic carbocycles. The maximum atomic E-state index is 13.2. The first-order valence-electron chi connectivity index (χ1n) is 14.1. The third kappa shape index (κ3) is 7.80. The Balaban J connectivity index is 0.000000234. The van der Waals surface area contributed by atoms with Crippen molar-refractivity contribution in [3.63, 3.8) is 0 Å².